The molecule has 5 heteroatoms. The van der Waals surface area contributed by atoms with Gasteiger partial charge >= 0.3 is 0 Å². The summed E-state index contributed by atoms with van der Waals surface area (Å²) in [6, 6.07) is 7.54. The lowest BCUT2D eigenvalue weighted by atomic mass is 10.2. The molecule has 1 aromatic carbocycles. The highest BCUT2D eigenvalue weighted by molar-refractivity contribution is 5.91. The molecule has 0 atom stereocenters. The van der Waals surface area contributed by atoms with Gasteiger partial charge < -0.3 is 11.1 Å². The molecule has 1 amide bonds. The fraction of sp³-hybridized carbons (Fsp3) is 0.375. The lowest BCUT2D eigenvalue weighted by Crippen LogP contribution is -2.21. The molecule has 0 spiro atoms. The highest BCUT2D eigenvalue weighted by Crippen LogP contribution is 2.18. The number of nitrogen functional groups attached to an aromatic ring is 1. The first kappa shape index (κ1) is 15.1. The molecule has 5 nitrogen and oxygen atoms in total. The van der Waals surface area contributed by atoms with Gasteiger partial charge in [0, 0.05) is 17.1 Å². The Morgan fingerprint density at radius 1 is 1.29 bits per heavy atom. The molecule has 2 rings (SSSR count). The molecule has 0 saturated carbocycles. The minimum Gasteiger partial charge on any atom is -0.399 e. The van der Waals surface area contributed by atoms with Crippen LogP contribution in [-0.2, 0) is 24.2 Å². The van der Waals surface area contributed by atoms with Gasteiger partial charge in [0.2, 0.25) is 5.91 Å². The van der Waals surface area contributed by atoms with E-state index in [4.69, 9.17) is 5.73 Å². The summed E-state index contributed by atoms with van der Waals surface area (Å²) in [5.74, 6) is -0.0934. The number of amides is 1. The summed E-state index contributed by atoms with van der Waals surface area (Å²) in [7, 11) is 0. The van der Waals surface area contributed by atoms with Crippen LogP contribution in [0.5, 0.6) is 0 Å². The van der Waals surface area contributed by atoms with Gasteiger partial charge in [0.25, 0.3) is 0 Å². The number of aryl methyl sites for hydroxylation is 3. The predicted molar refractivity (Wildman–Crippen MR) is 85.2 cm³/mol. The van der Waals surface area contributed by atoms with Crippen LogP contribution in [0.1, 0.15) is 30.8 Å². The third-order valence-electron chi connectivity index (χ3n) is 3.47. The normalized spacial score (nSPS) is 10.6. The Kier molecular flexibility index (Phi) is 4.62. The third kappa shape index (κ3) is 3.62. The average Bonchev–Trinajstić information content (AvgIpc) is 2.85. The maximum atomic E-state index is 12.2. The molecule has 0 radical (unpaired) electrons. The topological polar surface area (TPSA) is 72.9 Å². The Bertz CT molecular complexity index is 646. The lowest BCUT2D eigenvalue weighted by molar-refractivity contribution is -0.116. The molecule has 1 heterocycles. The van der Waals surface area contributed by atoms with E-state index in [1.165, 1.54) is 0 Å². The van der Waals surface area contributed by atoms with E-state index in [0.717, 1.165) is 35.5 Å². The predicted octanol–water partition coefficient (Wildman–Crippen LogP) is 2.54. The monoisotopic (exact) mass is 286 g/mol. The number of aromatic nitrogens is 2. The number of nitrogens with one attached hydrogen (secondary N) is 1. The van der Waals surface area contributed by atoms with Gasteiger partial charge in [-0.2, -0.15) is 5.10 Å². The van der Waals surface area contributed by atoms with Crippen molar-refractivity contribution in [2.75, 3.05) is 11.1 Å². The first-order chi connectivity index (χ1) is 10.0. The quantitative estimate of drug-likeness (QED) is 0.830. The molecule has 112 valence electrons. The van der Waals surface area contributed by atoms with E-state index in [1.54, 1.807) is 10.7 Å². The zero-order valence-electron chi connectivity index (χ0n) is 12.8. The largest absolute Gasteiger partial charge is 0.399 e. The van der Waals surface area contributed by atoms with Crippen LogP contribution < -0.4 is 11.1 Å². The van der Waals surface area contributed by atoms with Gasteiger partial charge in [0.15, 0.2) is 0 Å². The summed E-state index contributed by atoms with van der Waals surface area (Å²) in [4.78, 5) is 12.2. The van der Waals surface area contributed by atoms with Gasteiger partial charge in [0.05, 0.1) is 5.69 Å². The molecule has 0 bridgehead atoms. The van der Waals surface area contributed by atoms with Crippen LogP contribution in [-0.4, -0.2) is 15.7 Å². The Balaban J connectivity index is 2.11. The molecule has 21 heavy (non-hydrogen) atoms. The number of hydrogen-bond acceptors (Lipinski definition) is 3. The van der Waals surface area contributed by atoms with Gasteiger partial charge in [-0.05, 0) is 43.5 Å². The Morgan fingerprint density at radius 2 is 2.05 bits per heavy atom. The SMILES string of the molecule is CCc1cc(CC)n(CC(=O)Nc2cc(N)ccc2C)n1. The van der Waals surface area contributed by atoms with Crippen molar-refractivity contribution in [2.24, 2.45) is 0 Å². The number of carbonyl (C=O) groups is 1. The second-order valence-corrected chi connectivity index (χ2v) is 5.11. The maximum absolute atomic E-state index is 12.2. The summed E-state index contributed by atoms with van der Waals surface area (Å²) < 4.78 is 1.77. The Hall–Kier alpha value is -2.30. The molecule has 0 aliphatic rings. The van der Waals surface area contributed by atoms with Crippen LogP contribution in [0.25, 0.3) is 0 Å². The smallest absolute Gasteiger partial charge is 0.246 e. The van der Waals surface area contributed by atoms with Crippen molar-refractivity contribution in [1.29, 1.82) is 0 Å². The Labute approximate surface area is 125 Å². The van der Waals surface area contributed by atoms with Crippen LogP contribution in [0.3, 0.4) is 0 Å². The standard InChI is InChI=1S/C16H22N4O/c1-4-13-9-14(5-2)20(19-13)10-16(21)18-15-8-12(17)7-6-11(15)3/h6-9H,4-5,10,17H2,1-3H3,(H,18,21). The molecular formula is C16H22N4O. The summed E-state index contributed by atoms with van der Waals surface area (Å²) in [5, 5.41) is 7.35. The van der Waals surface area contributed by atoms with Crippen LogP contribution >= 0.6 is 0 Å². The number of hydrogen-bond donors (Lipinski definition) is 2. The molecule has 0 aliphatic heterocycles. The fourth-order valence-electron chi connectivity index (χ4n) is 2.21. The van der Waals surface area contributed by atoms with E-state index in [2.05, 4.69) is 30.3 Å². The van der Waals surface area contributed by atoms with Crippen molar-refractivity contribution in [2.45, 2.75) is 40.2 Å². The van der Waals surface area contributed by atoms with Crippen LogP contribution in [0.4, 0.5) is 11.4 Å². The highest BCUT2D eigenvalue weighted by atomic mass is 16.2. The minimum atomic E-state index is -0.0934. The van der Waals surface area contributed by atoms with Gasteiger partial charge in [0.1, 0.15) is 6.54 Å². The number of rotatable bonds is 5. The number of nitrogens with zero attached hydrogens (tertiary/aromatic N) is 2. The van der Waals surface area contributed by atoms with E-state index in [-0.39, 0.29) is 12.5 Å². The van der Waals surface area contributed by atoms with Gasteiger partial charge in [-0.25, -0.2) is 0 Å². The van der Waals surface area contributed by atoms with E-state index >= 15 is 0 Å². The van der Waals surface area contributed by atoms with Crippen molar-refractivity contribution in [1.82, 2.24) is 9.78 Å². The van der Waals surface area contributed by atoms with Crippen molar-refractivity contribution >= 4 is 17.3 Å². The third-order valence-corrected chi connectivity index (χ3v) is 3.47. The summed E-state index contributed by atoms with van der Waals surface area (Å²) in [6.07, 6.45) is 1.73. The van der Waals surface area contributed by atoms with Crippen LogP contribution in [0.2, 0.25) is 0 Å². The van der Waals surface area contributed by atoms with Gasteiger partial charge in [-0.1, -0.05) is 19.9 Å². The maximum Gasteiger partial charge on any atom is 0.246 e. The average molecular weight is 286 g/mol. The van der Waals surface area contributed by atoms with Crippen LogP contribution in [0, 0.1) is 6.92 Å². The number of benzene rings is 1. The second-order valence-electron chi connectivity index (χ2n) is 5.11. The van der Waals surface area contributed by atoms with Gasteiger partial charge in [-0.3, -0.25) is 9.48 Å². The van der Waals surface area contributed by atoms with Crippen molar-refractivity contribution in [3.05, 3.63) is 41.2 Å². The van der Waals surface area contributed by atoms with E-state index < -0.39 is 0 Å². The van der Waals surface area contributed by atoms with Gasteiger partial charge in [-0.15, -0.1) is 0 Å². The summed E-state index contributed by atoms with van der Waals surface area (Å²) >= 11 is 0. The summed E-state index contributed by atoms with van der Waals surface area (Å²) in [5.41, 5.74) is 10.2. The molecule has 3 N–H and O–H groups in total. The molecule has 2 aromatic rings. The first-order valence-corrected chi connectivity index (χ1v) is 7.25. The number of anilines is 2. The molecule has 0 unspecified atom stereocenters. The van der Waals surface area contributed by atoms with Crippen molar-refractivity contribution in [3.8, 4) is 0 Å². The number of nitrogens with two attached hydrogens (primary N) is 1. The molecule has 0 saturated heterocycles. The minimum absolute atomic E-state index is 0.0934. The zero-order valence-corrected chi connectivity index (χ0v) is 12.8. The second kappa shape index (κ2) is 6.43. The lowest BCUT2D eigenvalue weighted by Gasteiger charge is -2.10. The number of carbonyl (C=O) groups excluding carboxylic acids is 1. The highest BCUT2D eigenvalue weighted by Gasteiger charge is 2.11. The van der Waals surface area contributed by atoms with Crippen molar-refractivity contribution in [3.63, 3.8) is 0 Å². The summed E-state index contributed by atoms with van der Waals surface area (Å²) in [6.45, 7) is 6.28. The van der Waals surface area contributed by atoms with E-state index in [1.807, 2.05) is 19.1 Å². The molecule has 1 aromatic heterocycles. The molecule has 0 fully saturated rings. The first-order valence-electron chi connectivity index (χ1n) is 7.25. The Morgan fingerprint density at radius 3 is 2.71 bits per heavy atom. The zero-order chi connectivity index (χ0) is 15.4. The van der Waals surface area contributed by atoms with Crippen LogP contribution in [0.15, 0.2) is 24.3 Å². The van der Waals surface area contributed by atoms with E-state index in [9.17, 15) is 4.79 Å². The molecule has 0 aliphatic carbocycles. The molecular weight excluding hydrogens is 264 g/mol. The van der Waals surface area contributed by atoms with Crippen molar-refractivity contribution < 1.29 is 4.79 Å². The fourth-order valence-corrected chi connectivity index (χ4v) is 2.21. The van der Waals surface area contributed by atoms with E-state index in [0.29, 0.717) is 5.69 Å².